The van der Waals surface area contributed by atoms with Crippen LogP contribution in [0.25, 0.3) is 71.7 Å². The van der Waals surface area contributed by atoms with E-state index in [0.29, 0.717) is 0 Å². The van der Waals surface area contributed by atoms with Gasteiger partial charge in [-0.15, -0.1) is 0 Å². The van der Waals surface area contributed by atoms with Gasteiger partial charge in [0.1, 0.15) is 16.7 Å². The summed E-state index contributed by atoms with van der Waals surface area (Å²) in [6, 6.07) is 79.0. The molecule has 0 amide bonds. The monoisotopic (exact) mass is 783 g/mol. The van der Waals surface area contributed by atoms with Crippen molar-refractivity contribution >= 4 is 89.0 Å². The second-order valence-corrected chi connectivity index (χ2v) is 15.4. The molecular weight excluding hydrogens is 747 g/mol. The van der Waals surface area contributed by atoms with Crippen molar-refractivity contribution in [1.29, 1.82) is 0 Å². The van der Waals surface area contributed by atoms with Gasteiger partial charge in [0, 0.05) is 67.4 Å². The number of rotatable bonds is 8. The zero-order chi connectivity index (χ0) is 40.3. The highest BCUT2D eigenvalue weighted by Gasteiger charge is 2.24. The van der Waals surface area contributed by atoms with Gasteiger partial charge in [0.25, 0.3) is 0 Å². The van der Waals surface area contributed by atoms with Crippen LogP contribution in [0, 0.1) is 0 Å². The summed E-state index contributed by atoms with van der Waals surface area (Å²) < 4.78 is 15.6. The van der Waals surface area contributed by atoms with Crippen LogP contribution < -0.4 is 9.80 Å². The molecule has 5 nitrogen and oxygen atoms in total. The van der Waals surface area contributed by atoms with Gasteiger partial charge >= 0.3 is 0 Å². The lowest BCUT2D eigenvalue weighted by molar-refractivity contribution is 0.645. The van der Waals surface area contributed by atoms with Crippen molar-refractivity contribution in [1.82, 2.24) is 4.57 Å². The molecule has 0 atom stereocenters. The highest BCUT2D eigenvalue weighted by atomic mass is 16.3. The van der Waals surface area contributed by atoms with Gasteiger partial charge in [-0.1, -0.05) is 115 Å². The van der Waals surface area contributed by atoms with Gasteiger partial charge in [0.15, 0.2) is 0 Å². The van der Waals surface area contributed by atoms with Crippen LogP contribution in [0.5, 0.6) is 0 Å². The normalized spacial score (nSPS) is 11.6. The van der Waals surface area contributed by atoms with E-state index in [0.717, 1.165) is 106 Å². The molecule has 288 valence electrons. The minimum Gasteiger partial charge on any atom is -0.456 e. The summed E-state index contributed by atoms with van der Waals surface area (Å²) in [5, 5.41) is 5.44. The smallest absolute Gasteiger partial charge is 0.213 e. The number of furan rings is 2. The molecule has 0 bridgehead atoms. The van der Waals surface area contributed by atoms with Crippen LogP contribution in [-0.2, 0) is 0 Å². The Kier molecular flexibility index (Phi) is 8.10. The molecule has 3 aromatic heterocycles. The van der Waals surface area contributed by atoms with E-state index in [1.54, 1.807) is 0 Å². The SMILES string of the molecule is c1ccc(-c2cccc(N(c3ccc4c(c3)oc3ccccc34)c3ccc4c5c6cc(N(c7ccccc7)c7ccccc7)ccc6oc5n(-c5ccccc5)c4c3)c2)cc1. The molecule has 0 aliphatic rings. The molecular formula is C56H37N3O2. The summed E-state index contributed by atoms with van der Waals surface area (Å²) in [7, 11) is 0. The Bertz CT molecular complexity index is 3500. The second-order valence-electron chi connectivity index (χ2n) is 15.4. The number of anilines is 6. The first-order valence-corrected chi connectivity index (χ1v) is 20.6. The molecule has 5 heteroatoms. The van der Waals surface area contributed by atoms with E-state index < -0.39 is 0 Å². The fourth-order valence-electron chi connectivity index (χ4n) is 8.99. The number of para-hydroxylation sites is 4. The highest BCUT2D eigenvalue weighted by molar-refractivity contribution is 6.21. The second kappa shape index (κ2) is 14.2. The van der Waals surface area contributed by atoms with Crippen LogP contribution in [-0.4, -0.2) is 4.57 Å². The highest BCUT2D eigenvalue weighted by Crippen LogP contribution is 2.46. The average molecular weight is 784 g/mol. The molecule has 0 aliphatic heterocycles. The maximum absolute atomic E-state index is 6.90. The van der Waals surface area contributed by atoms with Crippen molar-refractivity contribution in [3.8, 4) is 16.8 Å². The zero-order valence-corrected chi connectivity index (χ0v) is 33.0. The largest absolute Gasteiger partial charge is 0.456 e. The van der Waals surface area contributed by atoms with E-state index in [2.05, 4.69) is 227 Å². The summed E-state index contributed by atoms with van der Waals surface area (Å²) in [5.74, 6) is 0. The van der Waals surface area contributed by atoms with E-state index in [4.69, 9.17) is 8.83 Å². The lowest BCUT2D eigenvalue weighted by atomic mass is 10.0. The summed E-state index contributed by atoms with van der Waals surface area (Å²) in [5.41, 5.74) is 14.0. The minimum absolute atomic E-state index is 0.804. The number of hydrogen-bond donors (Lipinski definition) is 0. The Hall–Kier alpha value is -8.28. The van der Waals surface area contributed by atoms with Crippen LogP contribution in [0.15, 0.2) is 233 Å². The molecule has 0 N–H and O–H groups in total. The standard InChI is InChI=1S/C56H37N3O2/c1-5-16-38(17-6-1)39-18-15-25-43(34-39)58(46-28-31-48-47-26-13-14-27-52(47)60-54(48)37-46)45-29-32-49-51(36-45)59(42-23-11-4-12-24-42)56-55(49)50-35-44(30-33-53(50)61-56)57(40-19-7-2-8-20-40)41-21-9-3-10-22-41/h1-37H. The summed E-state index contributed by atoms with van der Waals surface area (Å²) in [4.78, 5) is 4.63. The number of benzene rings is 9. The number of fused-ring (bicyclic) bond motifs is 8. The average Bonchev–Trinajstić information content (AvgIpc) is 3.99. The van der Waals surface area contributed by atoms with Crippen molar-refractivity contribution < 1.29 is 8.83 Å². The van der Waals surface area contributed by atoms with Crippen LogP contribution >= 0.6 is 0 Å². The zero-order valence-electron chi connectivity index (χ0n) is 33.0. The van der Waals surface area contributed by atoms with Crippen LogP contribution in [0.4, 0.5) is 34.1 Å². The molecule has 0 unspecified atom stereocenters. The fourth-order valence-corrected chi connectivity index (χ4v) is 8.99. The van der Waals surface area contributed by atoms with Crippen molar-refractivity contribution in [2.45, 2.75) is 0 Å². The van der Waals surface area contributed by atoms with E-state index in [1.165, 1.54) is 0 Å². The topological polar surface area (TPSA) is 37.7 Å². The Morgan fingerprint density at radius 1 is 0.311 bits per heavy atom. The maximum Gasteiger partial charge on any atom is 0.213 e. The Morgan fingerprint density at radius 3 is 1.59 bits per heavy atom. The van der Waals surface area contributed by atoms with Gasteiger partial charge in [0.05, 0.1) is 10.9 Å². The molecule has 0 aliphatic carbocycles. The van der Waals surface area contributed by atoms with E-state index in [1.807, 2.05) is 12.1 Å². The maximum atomic E-state index is 6.90. The van der Waals surface area contributed by atoms with Crippen LogP contribution in [0.1, 0.15) is 0 Å². The van der Waals surface area contributed by atoms with E-state index >= 15 is 0 Å². The summed E-state index contributed by atoms with van der Waals surface area (Å²) >= 11 is 0. The van der Waals surface area contributed by atoms with E-state index in [-0.39, 0.29) is 0 Å². The lowest BCUT2D eigenvalue weighted by Gasteiger charge is -2.26. The number of nitrogens with zero attached hydrogens (tertiary/aromatic N) is 3. The van der Waals surface area contributed by atoms with Crippen molar-refractivity contribution in [3.63, 3.8) is 0 Å². The van der Waals surface area contributed by atoms with Crippen LogP contribution in [0.3, 0.4) is 0 Å². The predicted molar refractivity (Wildman–Crippen MR) is 253 cm³/mol. The first-order chi connectivity index (χ1) is 30.2. The molecule has 3 heterocycles. The Balaban J connectivity index is 1.09. The fraction of sp³-hybridized carbons (Fsp3) is 0. The molecule has 12 rings (SSSR count). The van der Waals surface area contributed by atoms with Gasteiger partial charge in [-0.3, -0.25) is 4.57 Å². The first kappa shape index (κ1) is 34.7. The molecule has 0 saturated heterocycles. The third-order valence-corrected chi connectivity index (χ3v) is 11.7. The third-order valence-electron chi connectivity index (χ3n) is 11.7. The lowest BCUT2D eigenvalue weighted by Crippen LogP contribution is -2.10. The molecule has 0 fully saturated rings. The van der Waals surface area contributed by atoms with Crippen molar-refractivity contribution in [2.24, 2.45) is 0 Å². The molecule has 0 saturated carbocycles. The number of aromatic nitrogens is 1. The van der Waals surface area contributed by atoms with Crippen molar-refractivity contribution in [3.05, 3.63) is 224 Å². The van der Waals surface area contributed by atoms with E-state index in [9.17, 15) is 0 Å². The number of hydrogen-bond acceptors (Lipinski definition) is 4. The molecule has 61 heavy (non-hydrogen) atoms. The van der Waals surface area contributed by atoms with Gasteiger partial charge in [-0.25, -0.2) is 0 Å². The molecule has 0 radical (unpaired) electrons. The third kappa shape index (κ3) is 5.86. The van der Waals surface area contributed by atoms with Gasteiger partial charge in [-0.2, -0.15) is 0 Å². The summed E-state index contributed by atoms with van der Waals surface area (Å²) in [6.07, 6.45) is 0. The summed E-state index contributed by atoms with van der Waals surface area (Å²) in [6.45, 7) is 0. The molecule has 12 aromatic rings. The van der Waals surface area contributed by atoms with Gasteiger partial charge in [0.2, 0.25) is 5.71 Å². The molecule has 9 aromatic carbocycles. The van der Waals surface area contributed by atoms with Gasteiger partial charge in [-0.05, 0) is 114 Å². The predicted octanol–water partition coefficient (Wildman–Crippen LogP) is 16.0. The van der Waals surface area contributed by atoms with Crippen molar-refractivity contribution in [2.75, 3.05) is 9.80 Å². The first-order valence-electron chi connectivity index (χ1n) is 20.6. The Labute approximate surface area is 352 Å². The quantitative estimate of drug-likeness (QED) is 0.154. The van der Waals surface area contributed by atoms with Gasteiger partial charge < -0.3 is 18.6 Å². The Morgan fingerprint density at radius 2 is 0.836 bits per heavy atom. The van der Waals surface area contributed by atoms with Crippen LogP contribution in [0.2, 0.25) is 0 Å². The minimum atomic E-state index is 0.804. The molecule has 0 spiro atoms.